The highest BCUT2D eigenvalue weighted by atomic mass is 31.2. The van der Waals surface area contributed by atoms with E-state index in [9.17, 15) is 14.3 Å². The van der Waals surface area contributed by atoms with E-state index < -0.39 is 19.9 Å². The molecule has 0 bridgehead atoms. The first-order chi connectivity index (χ1) is 24.6. The number of allylic oxidation sites excluding steroid dienone is 1. The first kappa shape index (κ1) is 50.2. The molecule has 0 aliphatic heterocycles. The zero-order valence-electron chi connectivity index (χ0n) is 34.3. The number of hydrogen-bond donors (Lipinski definition) is 0. The summed E-state index contributed by atoms with van der Waals surface area (Å²) in [7, 11) is 1.34. The van der Waals surface area contributed by atoms with Gasteiger partial charge in [0.25, 0.3) is 7.82 Å². The third-order valence-electron chi connectivity index (χ3n) is 9.39. The summed E-state index contributed by atoms with van der Waals surface area (Å²) >= 11 is 0. The van der Waals surface area contributed by atoms with Gasteiger partial charge in [0.2, 0.25) is 0 Å². The minimum absolute atomic E-state index is 0.0201. The van der Waals surface area contributed by atoms with Gasteiger partial charge in [0.15, 0.2) is 0 Å². The molecule has 0 radical (unpaired) electrons. The minimum Gasteiger partial charge on any atom is -0.756 e. The lowest BCUT2D eigenvalue weighted by atomic mass is 10.0. The number of likely N-dealkylation sites (N-methyl/N-ethyl adjacent to an activating group) is 1. The Morgan fingerprint density at radius 2 is 1.00 bits per heavy atom. The second kappa shape index (κ2) is 36.2. The highest BCUT2D eigenvalue weighted by molar-refractivity contribution is 7.45. The van der Waals surface area contributed by atoms with Crippen LogP contribution in [0.25, 0.3) is 0 Å². The first-order valence-electron chi connectivity index (χ1n) is 21.4. The van der Waals surface area contributed by atoms with Gasteiger partial charge in [-0.2, -0.15) is 0 Å². The number of phosphoric ester groups is 1. The molecule has 0 rings (SSSR count). The first-order valence-corrected chi connectivity index (χ1v) is 22.9. The molecule has 0 aliphatic rings. The van der Waals surface area contributed by atoms with Gasteiger partial charge in [-0.25, -0.2) is 4.79 Å². The molecule has 0 amide bonds. The van der Waals surface area contributed by atoms with Crippen molar-refractivity contribution in [2.45, 2.75) is 200 Å². The molecule has 8 nitrogen and oxygen atoms in total. The zero-order valence-corrected chi connectivity index (χ0v) is 35.2. The fourth-order valence-electron chi connectivity index (χ4n) is 6.03. The van der Waals surface area contributed by atoms with Crippen LogP contribution in [-0.4, -0.2) is 70.7 Å². The summed E-state index contributed by atoms with van der Waals surface area (Å²) in [4.78, 5) is 24.9. The highest BCUT2D eigenvalue weighted by Crippen LogP contribution is 2.38. The maximum atomic E-state index is 12.6. The van der Waals surface area contributed by atoms with E-state index >= 15 is 0 Å². The smallest absolute Gasteiger partial charge is 0.330 e. The molecule has 0 fully saturated rings. The molecule has 0 heterocycles. The zero-order chi connectivity index (χ0) is 37.7. The molecule has 0 aliphatic carbocycles. The number of esters is 1. The van der Waals surface area contributed by atoms with Crippen LogP contribution < -0.4 is 4.89 Å². The van der Waals surface area contributed by atoms with Gasteiger partial charge in [0.05, 0.1) is 34.4 Å². The maximum Gasteiger partial charge on any atom is 0.330 e. The van der Waals surface area contributed by atoms with Crippen LogP contribution in [0.15, 0.2) is 12.2 Å². The van der Waals surface area contributed by atoms with Crippen molar-refractivity contribution in [2.24, 2.45) is 0 Å². The third kappa shape index (κ3) is 40.3. The molecule has 0 aromatic rings. The summed E-state index contributed by atoms with van der Waals surface area (Å²) in [5.74, 6) is -0.509. The molecule has 0 saturated heterocycles. The van der Waals surface area contributed by atoms with Crippen LogP contribution in [0.4, 0.5) is 0 Å². The van der Waals surface area contributed by atoms with Crippen LogP contribution >= 0.6 is 7.82 Å². The predicted molar refractivity (Wildman–Crippen MR) is 213 cm³/mol. The van der Waals surface area contributed by atoms with Crippen molar-refractivity contribution in [3.05, 3.63) is 12.2 Å². The quantitative estimate of drug-likeness (QED) is 0.0203. The Balaban J connectivity index is 4.27. The van der Waals surface area contributed by atoms with E-state index in [0.29, 0.717) is 17.6 Å². The van der Waals surface area contributed by atoms with E-state index in [0.717, 1.165) is 32.1 Å². The fourth-order valence-corrected chi connectivity index (χ4v) is 6.76. The predicted octanol–water partition coefficient (Wildman–Crippen LogP) is 11.6. The number of unbranched alkanes of at least 4 members (excludes halogenated alkanes) is 26. The molecule has 0 saturated carbocycles. The number of ether oxygens (including phenoxy) is 2. The van der Waals surface area contributed by atoms with Crippen molar-refractivity contribution in [3.8, 4) is 0 Å². The average Bonchev–Trinajstić information content (AvgIpc) is 3.08. The van der Waals surface area contributed by atoms with Gasteiger partial charge in [-0.3, -0.25) is 4.57 Å². The number of phosphoric acid groups is 1. The van der Waals surface area contributed by atoms with Crippen molar-refractivity contribution in [3.63, 3.8) is 0 Å². The molecule has 9 heteroatoms. The van der Waals surface area contributed by atoms with Crippen LogP contribution in [-0.2, 0) is 27.9 Å². The molecular formula is C42H84NO7P. The van der Waals surface area contributed by atoms with Crippen LogP contribution in [0, 0.1) is 0 Å². The highest BCUT2D eigenvalue weighted by Gasteiger charge is 2.19. The Bertz CT molecular complexity index is 833. The summed E-state index contributed by atoms with van der Waals surface area (Å²) in [5.41, 5.74) is 0. The summed E-state index contributed by atoms with van der Waals surface area (Å²) in [5, 5.41) is 0. The second-order valence-electron chi connectivity index (χ2n) is 15.8. The molecule has 0 aromatic carbocycles. The number of rotatable bonds is 40. The van der Waals surface area contributed by atoms with Crippen molar-refractivity contribution in [1.82, 2.24) is 0 Å². The van der Waals surface area contributed by atoms with Crippen LogP contribution in [0.2, 0.25) is 0 Å². The van der Waals surface area contributed by atoms with E-state index in [4.69, 9.17) is 18.5 Å². The lowest BCUT2D eigenvalue weighted by molar-refractivity contribution is -0.870. The van der Waals surface area contributed by atoms with Gasteiger partial charge in [-0.1, -0.05) is 180 Å². The van der Waals surface area contributed by atoms with Gasteiger partial charge < -0.3 is 27.9 Å². The number of nitrogens with zero attached hydrogens (tertiary/aromatic N) is 1. The number of quaternary nitrogens is 1. The fraction of sp³-hybridized carbons (Fsp3) is 0.929. The molecule has 304 valence electrons. The van der Waals surface area contributed by atoms with Crippen molar-refractivity contribution in [1.29, 1.82) is 0 Å². The van der Waals surface area contributed by atoms with Gasteiger partial charge in [0, 0.05) is 12.7 Å². The topological polar surface area (TPSA) is 94.1 Å². The Morgan fingerprint density at radius 1 is 0.588 bits per heavy atom. The van der Waals surface area contributed by atoms with Crippen LogP contribution in [0.5, 0.6) is 0 Å². The summed E-state index contributed by atoms with van der Waals surface area (Å²) in [6.45, 7) is 5.35. The van der Waals surface area contributed by atoms with E-state index in [-0.39, 0.29) is 19.8 Å². The SMILES string of the molecule is CCCCCCCCCCCCCCCC=CC(=O)O[C@H](COCCCCCCCCCCCCCCCC)COP(=O)([O-])OCC[N+](C)(C)C. The Morgan fingerprint density at radius 3 is 1.43 bits per heavy atom. The molecule has 0 aromatic heterocycles. The van der Waals surface area contributed by atoms with E-state index in [1.54, 1.807) is 0 Å². The molecule has 1 unspecified atom stereocenters. The third-order valence-corrected chi connectivity index (χ3v) is 10.4. The summed E-state index contributed by atoms with van der Waals surface area (Å²) in [6, 6.07) is 0. The molecule has 0 spiro atoms. The molecule has 51 heavy (non-hydrogen) atoms. The van der Waals surface area contributed by atoms with E-state index in [2.05, 4.69) is 13.8 Å². The second-order valence-corrected chi connectivity index (χ2v) is 17.2. The Kier molecular flexibility index (Phi) is 35.7. The largest absolute Gasteiger partial charge is 0.756 e. The van der Waals surface area contributed by atoms with Gasteiger partial charge in [-0.15, -0.1) is 0 Å². The minimum atomic E-state index is -4.53. The van der Waals surface area contributed by atoms with Gasteiger partial charge in [-0.05, 0) is 19.3 Å². The van der Waals surface area contributed by atoms with Crippen LogP contribution in [0.3, 0.4) is 0 Å². The Hall–Kier alpha value is -0.760. The molecule has 2 atom stereocenters. The normalized spacial score (nSPS) is 13.9. The number of hydrogen-bond acceptors (Lipinski definition) is 7. The monoisotopic (exact) mass is 746 g/mol. The van der Waals surface area contributed by atoms with Crippen LogP contribution in [0.1, 0.15) is 194 Å². The molecular weight excluding hydrogens is 661 g/mol. The van der Waals surface area contributed by atoms with Crippen molar-refractivity contribution >= 4 is 13.8 Å². The lowest BCUT2D eigenvalue weighted by Gasteiger charge is -2.28. The number of carbonyl (C=O) groups is 1. The summed E-state index contributed by atoms with van der Waals surface area (Å²) < 4.78 is 34.4. The van der Waals surface area contributed by atoms with E-state index in [1.807, 2.05) is 27.2 Å². The standard InChI is InChI=1S/C42H84NO7P/c1-6-8-10-12-14-16-18-20-22-23-25-27-29-31-33-35-42(44)50-41(40-49-51(45,46)48-38-36-43(3,4)5)39-47-37-34-32-30-28-26-24-21-19-17-15-13-11-9-7-2/h33,35,41H,6-32,34,36-40H2,1-5H3/t41-/m1/s1. The Labute approximate surface area is 316 Å². The van der Waals surface area contributed by atoms with Crippen molar-refractivity contribution < 1.29 is 37.3 Å². The molecule has 0 N–H and O–H groups in total. The number of carbonyl (C=O) groups excluding carboxylic acids is 1. The average molecular weight is 746 g/mol. The lowest BCUT2D eigenvalue weighted by Crippen LogP contribution is -2.37. The van der Waals surface area contributed by atoms with Gasteiger partial charge in [0.1, 0.15) is 19.3 Å². The van der Waals surface area contributed by atoms with Crippen molar-refractivity contribution in [2.75, 3.05) is 54.1 Å². The maximum absolute atomic E-state index is 12.6. The van der Waals surface area contributed by atoms with Gasteiger partial charge >= 0.3 is 5.97 Å². The van der Waals surface area contributed by atoms with E-state index in [1.165, 1.54) is 154 Å². The summed E-state index contributed by atoms with van der Waals surface area (Å²) in [6.07, 6.45) is 38.3.